The first-order valence-electron chi connectivity index (χ1n) is 5.86. The molecule has 1 heterocycles. The van der Waals surface area contributed by atoms with Gasteiger partial charge in [0.25, 0.3) is 0 Å². The number of hydrogen-bond donors (Lipinski definition) is 1. The van der Waals surface area contributed by atoms with Crippen molar-refractivity contribution in [2.45, 2.75) is 38.1 Å². The average molecular weight is 240 g/mol. The molecule has 1 unspecified atom stereocenters. The minimum Gasteiger partial charge on any atom is -0.385 e. The lowest BCUT2D eigenvalue weighted by atomic mass is 10.00. The number of methoxy groups -OCH3 is 1. The molecule has 0 fully saturated rings. The number of hydrogen-bond acceptors (Lipinski definition) is 4. The smallest absolute Gasteiger partial charge is 0.113 e. The maximum Gasteiger partial charge on any atom is 0.113 e. The van der Waals surface area contributed by atoms with Gasteiger partial charge < -0.3 is 10.1 Å². The molecule has 1 N–H and O–H groups in total. The number of thiazole rings is 1. The number of nitrogens with zero attached hydrogens (tertiary/aromatic N) is 1. The van der Waals surface area contributed by atoms with Crippen LogP contribution in [-0.2, 0) is 23.1 Å². The highest BCUT2D eigenvalue weighted by atomic mass is 32.1. The molecule has 2 rings (SSSR count). The molecule has 4 heteroatoms. The summed E-state index contributed by atoms with van der Waals surface area (Å²) in [4.78, 5) is 6.28. The normalized spacial score (nSPS) is 18.4. The summed E-state index contributed by atoms with van der Waals surface area (Å²) in [6.45, 7) is 2.97. The Morgan fingerprint density at radius 1 is 1.50 bits per heavy atom. The van der Waals surface area contributed by atoms with E-state index in [9.17, 15) is 0 Å². The second-order valence-corrected chi connectivity index (χ2v) is 5.65. The van der Waals surface area contributed by atoms with Crippen LogP contribution < -0.4 is 5.32 Å². The van der Waals surface area contributed by atoms with Crippen LogP contribution >= 0.6 is 11.3 Å². The second-order valence-electron chi connectivity index (χ2n) is 4.57. The lowest BCUT2D eigenvalue weighted by molar-refractivity contribution is 0.162. The fraction of sp³-hybridized carbons (Fsp3) is 0.750. The summed E-state index contributed by atoms with van der Waals surface area (Å²) in [7, 11) is 3.75. The van der Waals surface area contributed by atoms with E-state index in [0.29, 0.717) is 0 Å². The second kappa shape index (κ2) is 4.82. The molecule has 90 valence electrons. The van der Waals surface area contributed by atoms with Crippen LogP contribution in [0.5, 0.6) is 0 Å². The summed E-state index contributed by atoms with van der Waals surface area (Å²) in [5, 5.41) is 4.61. The van der Waals surface area contributed by atoms with E-state index in [4.69, 9.17) is 9.72 Å². The van der Waals surface area contributed by atoms with Gasteiger partial charge in [-0.15, -0.1) is 11.3 Å². The third-order valence-electron chi connectivity index (χ3n) is 3.43. The average Bonchev–Trinajstić information content (AvgIpc) is 2.86. The predicted octanol–water partition coefficient (Wildman–Crippen LogP) is 2.10. The van der Waals surface area contributed by atoms with Crippen molar-refractivity contribution in [3.8, 4) is 0 Å². The zero-order chi connectivity index (χ0) is 11.6. The third-order valence-corrected chi connectivity index (χ3v) is 4.85. The summed E-state index contributed by atoms with van der Waals surface area (Å²) in [6, 6.07) is 0. The van der Waals surface area contributed by atoms with Gasteiger partial charge in [-0.05, 0) is 39.7 Å². The first-order chi connectivity index (χ1) is 7.69. The van der Waals surface area contributed by atoms with Crippen molar-refractivity contribution in [2.24, 2.45) is 0 Å². The Morgan fingerprint density at radius 2 is 2.31 bits per heavy atom. The molecule has 1 atom stereocenters. The van der Waals surface area contributed by atoms with Crippen molar-refractivity contribution in [1.82, 2.24) is 10.3 Å². The molecule has 0 saturated carbocycles. The van der Waals surface area contributed by atoms with Crippen LogP contribution in [0.15, 0.2) is 0 Å². The zero-order valence-corrected chi connectivity index (χ0v) is 11.1. The summed E-state index contributed by atoms with van der Waals surface area (Å²) in [5.74, 6) is 0. The molecule has 1 aromatic rings. The number of fused-ring (bicyclic) bond motifs is 1. The highest BCUT2D eigenvalue weighted by molar-refractivity contribution is 7.12. The van der Waals surface area contributed by atoms with Gasteiger partial charge in [0, 0.05) is 18.6 Å². The van der Waals surface area contributed by atoms with Crippen molar-refractivity contribution in [1.29, 1.82) is 0 Å². The summed E-state index contributed by atoms with van der Waals surface area (Å²) in [6.07, 6.45) is 4.63. The minimum absolute atomic E-state index is 0.0367. The standard InChI is InChI=1S/C12H20N2OS/c1-12(13-2,7-8-15-3)11-14-9-5-4-6-10(9)16-11/h13H,4-8H2,1-3H3. The third kappa shape index (κ3) is 2.14. The summed E-state index contributed by atoms with van der Waals surface area (Å²) in [5.41, 5.74) is 1.30. The number of ether oxygens (including phenoxy) is 1. The van der Waals surface area contributed by atoms with Gasteiger partial charge in [0.1, 0.15) is 5.01 Å². The van der Waals surface area contributed by atoms with E-state index in [0.717, 1.165) is 19.4 Å². The van der Waals surface area contributed by atoms with E-state index >= 15 is 0 Å². The Morgan fingerprint density at radius 3 is 2.94 bits per heavy atom. The molecule has 0 aliphatic heterocycles. The molecular formula is C12H20N2OS. The van der Waals surface area contributed by atoms with Crippen molar-refractivity contribution < 1.29 is 4.74 Å². The largest absolute Gasteiger partial charge is 0.385 e. The molecule has 1 aliphatic carbocycles. The Bertz CT molecular complexity index is 342. The van der Waals surface area contributed by atoms with Crippen LogP contribution in [-0.4, -0.2) is 25.7 Å². The Kier molecular flexibility index (Phi) is 3.62. The molecule has 0 aromatic carbocycles. The maximum atomic E-state index is 5.18. The minimum atomic E-state index is -0.0367. The van der Waals surface area contributed by atoms with E-state index in [1.54, 1.807) is 7.11 Å². The molecule has 0 radical (unpaired) electrons. The Balaban J connectivity index is 2.19. The monoisotopic (exact) mass is 240 g/mol. The molecule has 0 amide bonds. The summed E-state index contributed by atoms with van der Waals surface area (Å²) >= 11 is 1.87. The van der Waals surface area contributed by atoms with Crippen LogP contribution in [0.3, 0.4) is 0 Å². The van der Waals surface area contributed by atoms with Gasteiger partial charge in [0.05, 0.1) is 11.2 Å². The Hall–Kier alpha value is -0.450. The van der Waals surface area contributed by atoms with Gasteiger partial charge in [0.15, 0.2) is 0 Å². The molecule has 0 saturated heterocycles. The van der Waals surface area contributed by atoms with Crippen LogP contribution in [0.25, 0.3) is 0 Å². The van der Waals surface area contributed by atoms with Crippen LogP contribution in [0.1, 0.15) is 35.3 Å². The van der Waals surface area contributed by atoms with Crippen molar-refractivity contribution in [3.63, 3.8) is 0 Å². The van der Waals surface area contributed by atoms with E-state index in [-0.39, 0.29) is 5.54 Å². The molecule has 3 nitrogen and oxygen atoms in total. The first-order valence-corrected chi connectivity index (χ1v) is 6.68. The highest BCUT2D eigenvalue weighted by Crippen LogP contribution is 2.34. The fourth-order valence-electron chi connectivity index (χ4n) is 2.07. The number of nitrogens with one attached hydrogen (secondary N) is 1. The quantitative estimate of drug-likeness (QED) is 0.856. The molecule has 0 bridgehead atoms. The Labute approximate surface area is 101 Å². The molecular weight excluding hydrogens is 220 g/mol. The van der Waals surface area contributed by atoms with E-state index in [1.165, 1.54) is 28.4 Å². The van der Waals surface area contributed by atoms with Crippen LogP contribution in [0.2, 0.25) is 0 Å². The fourth-order valence-corrected chi connectivity index (χ4v) is 3.40. The predicted molar refractivity (Wildman–Crippen MR) is 67.0 cm³/mol. The topological polar surface area (TPSA) is 34.1 Å². The molecule has 1 aliphatic rings. The van der Waals surface area contributed by atoms with Gasteiger partial charge in [-0.2, -0.15) is 0 Å². The lowest BCUT2D eigenvalue weighted by Gasteiger charge is -2.26. The van der Waals surface area contributed by atoms with E-state index < -0.39 is 0 Å². The van der Waals surface area contributed by atoms with Gasteiger partial charge in [0.2, 0.25) is 0 Å². The molecule has 0 spiro atoms. The molecule has 16 heavy (non-hydrogen) atoms. The van der Waals surface area contributed by atoms with Crippen molar-refractivity contribution >= 4 is 11.3 Å². The van der Waals surface area contributed by atoms with Crippen molar-refractivity contribution in [3.05, 3.63) is 15.6 Å². The summed E-state index contributed by atoms with van der Waals surface area (Å²) < 4.78 is 5.18. The van der Waals surface area contributed by atoms with E-state index in [2.05, 4.69) is 12.2 Å². The van der Waals surface area contributed by atoms with Gasteiger partial charge in [-0.25, -0.2) is 4.98 Å². The van der Waals surface area contributed by atoms with Gasteiger partial charge in [-0.1, -0.05) is 0 Å². The van der Waals surface area contributed by atoms with Crippen molar-refractivity contribution in [2.75, 3.05) is 20.8 Å². The molecule has 1 aromatic heterocycles. The number of aryl methyl sites for hydroxylation is 2. The lowest BCUT2D eigenvalue weighted by Crippen LogP contribution is -2.37. The van der Waals surface area contributed by atoms with Gasteiger partial charge >= 0.3 is 0 Å². The number of rotatable bonds is 5. The zero-order valence-electron chi connectivity index (χ0n) is 10.3. The maximum absolute atomic E-state index is 5.18. The first kappa shape index (κ1) is 12.0. The number of aromatic nitrogens is 1. The SMILES string of the molecule is CNC(C)(CCOC)c1nc2c(s1)CCC2. The van der Waals surface area contributed by atoms with Gasteiger partial charge in [-0.3, -0.25) is 0 Å². The van der Waals surface area contributed by atoms with Crippen LogP contribution in [0, 0.1) is 0 Å². The van der Waals surface area contributed by atoms with Crippen LogP contribution in [0.4, 0.5) is 0 Å². The highest BCUT2D eigenvalue weighted by Gasteiger charge is 2.30. The van der Waals surface area contributed by atoms with E-state index in [1.807, 2.05) is 18.4 Å².